The molecule has 1 N–H and O–H groups in total. The molecule has 0 aliphatic carbocycles. The maximum absolute atomic E-state index is 5.21. The van der Waals surface area contributed by atoms with Crippen LogP contribution in [0.4, 0.5) is 0 Å². The molecule has 2 aromatic rings. The van der Waals surface area contributed by atoms with Crippen molar-refractivity contribution in [2.45, 2.75) is 0 Å². The number of benzene rings is 1. The molecule has 2 rings (SSSR count). The average molecular weight is 160 g/mol. The normalized spacial score (nSPS) is 10.1. The summed E-state index contributed by atoms with van der Waals surface area (Å²) in [5.74, 6) is 0.907. The van der Waals surface area contributed by atoms with Crippen molar-refractivity contribution in [2.75, 3.05) is 7.11 Å². The summed E-state index contributed by atoms with van der Waals surface area (Å²) in [6, 6.07) is 9.95. The monoisotopic (exact) mass is 160 g/mol. The minimum absolute atomic E-state index is 0.907. The van der Waals surface area contributed by atoms with Crippen molar-refractivity contribution in [3.8, 4) is 5.75 Å². The van der Waals surface area contributed by atoms with Crippen molar-refractivity contribution in [1.29, 1.82) is 0 Å². The molecule has 0 bridgehead atoms. The molecule has 1 aromatic heterocycles. The highest BCUT2D eigenvalue weighted by Gasteiger charge is 2.02. The van der Waals surface area contributed by atoms with Gasteiger partial charge in [0.15, 0.2) is 6.20 Å². The molecule has 0 atom stereocenters. The number of fused-ring (bicyclic) bond motifs is 1. The van der Waals surface area contributed by atoms with Crippen LogP contribution in [0.2, 0.25) is 0 Å². The van der Waals surface area contributed by atoms with E-state index in [2.05, 4.69) is 4.98 Å². The van der Waals surface area contributed by atoms with Gasteiger partial charge in [0, 0.05) is 12.1 Å². The quantitative estimate of drug-likeness (QED) is 0.622. The van der Waals surface area contributed by atoms with Crippen LogP contribution >= 0.6 is 0 Å². The van der Waals surface area contributed by atoms with Crippen molar-refractivity contribution in [3.05, 3.63) is 36.5 Å². The van der Waals surface area contributed by atoms with Gasteiger partial charge in [-0.25, -0.2) is 4.98 Å². The average Bonchev–Trinajstić information content (AvgIpc) is 2.17. The number of aromatic nitrogens is 1. The van der Waals surface area contributed by atoms with Crippen molar-refractivity contribution < 1.29 is 9.72 Å². The third-order valence-electron chi connectivity index (χ3n) is 1.88. The zero-order valence-electron chi connectivity index (χ0n) is 6.87. The van der Waals surface area contributed by atoms with Gasteiger partial charge in [0.05, 0.1) is 12.5 Å². The van der Waals surface area contributed by atoms with Crippen molar-refractivity contribution >= 4 is 10.9 Å². The predicted molar refractivity (Wildman–Crippen MR) is 47.1 cm³/mol. The van der Waals surface area contributed by atoms with Crippen LogP contribution in [0.15, 0.2) is 36.5 Å². The fourth-order valence-corrected chi connectivity index (χ4v) is 1.30. The number of hydrogen-bond donors (Lipinski definition) is 0. The Hall–Kier alpha value is -1.57. The number of hydrogen-bond acceptors (Lipinski definition) is 1. The minimum Gasteiger partial charge on any atom is -0.496 e. The summed E-state index contributed by atoms with van der Waals surface area (Å²) in [6.07, 6.45) is 1.90. The zero-order chi connectivity index (χ0) is 8.39. The van der Waals surface area contributed by atoms with Crippen LogP contribution in [0.3, 0.4) is 0 Å². The smallest absolute Gasteiger partial charge is 0.214 e. The summed E-state index contributed by atoms with van der Waals surface area (Å²) in [4.78, 5) is 3.15. The summed E-state index contributed by atoms with van der Waals surface area (Å²) in [5.41, 5.74) is 1.09. The first-order chi connectivity index (χ1) is 5.92. The highest BCUT2D eigenvalue weighted by molar-refractivity contribution is 5.82. The van der Waals surface area contributed by atoms with Gasteiger partial charge in [-0.3, -0.25) is 0 Å². The molecule has 0 saturated heterocycles. The van der Waals surface area contributed by atoms with E-state index in [1.165, 1.54) is 0 Å². The first-order valence-electron chi connectivity index (χ1n) is 3.85. The second-order valence-corrected chi connectivity index (χ2v) is 2.59. The molecule has 0 radical (unpaired) electrons. The third kappa shape index (κ3) is 1.01. The second-order valence-electron chi connectivity index (χ2n) is 2.59. The van der Waals surface area contributed by atoms with E-state index in [9.17, 15) is 0 Å². The van der Waals surface area contributed by atoms with E-state index in [0.717, 1.165) is 16.7 Å². The van der Waals surface area contributed by atoms with Crippen molar-refractivity contribution in [1.82, 2.24) is 0 Å². The van der Waals surface area contributed by atoms with E-state index >= 15 is 0 Å². The second kappa shape index (κ2) is 2.81. The zero-order valence-corrected chi connectivity index (χ0v) is 6.87. The molecule has 0 aliphatic heterocycles. The molecule has 12 heavy (non-hydrogen) atoms. The number of ether oxygens (including phenoxy) is 1. The first kappa shape index (κ1) is 7.10. The van der Waals surface area contributed by atoms with Gasteiger partial charge in [-0.2, -0.15) is 0 Å². The van der Waals surface area contributed by atoms with E-state index < -0.39 is 0 Å². The number of H-pyrrole nitrogens is 1. The maximum atomic E-state index is 5.21. The van der Waals surface area contributed by atoms with Crippen LogP contribution in [-0.4, -0.2) is 7.11 Å². The molecule has 0 unspecified atom stereocenters. The minimum atomic E-state index is 0.907. The molecule has 2 heteroatoms. The fraction of sp³-hybridized carbons (Fsp3) is 0.100. The molecule has 0 spiro atoms. The van der Waals surface area contributed by atoms with Gasteiger partial charge >= 0.3 is 0 Å². The summed E-state index contributed by atoms with van der Waals surface area (Å²) in [7, 11) is 1.68. The molecule has 0 aliphatic rings. The van der Waals surface area contributed by atoms with Crippen LogP contribution < -0.4 is 9.72 Å². The Morgan fingerprint density at radius 1 is 1.17 bits per heavy atom. The number of methoxy groups -OCH3 is 1. The van der Waals surface area contributed by atoms with Crippen LogP contribution in [0.1, 0.15) is 0 Å². The van der Waals surface area contributed by atoms with Crippen LogP contribution in [-0.2, 0) is 0 Å². The summed E-state index contributed by atoms with van der Waals surface area (Å²) < 4.78 is 5.21. The highest BCUT2D eigenvalue weighted by Crippen LogP contribution is 2.21. The number of rotatable bonds is 1. The van der Waals surface area contributed by atoms with Gasteiger partial charge in [0.2, 0.25) is 5.52 Å². The highest BCUT2D eigenvalue weighted by atomic mass is 16.5. The van der Waals surface area contributed by atoms with E-state index in [1.54, 1.807) is 7.11 Å². The largest absolute Gasteiger partial charge is 0.496 e. The topological polar surface area (TPSA) is 23.4 Å². The Kier molecular flexibility index (Phi) is 1.67. The maximum Gasteiger partial charge on any atom is 0.214 e. The van der Waals surface area contributed by atoms with E-state index in [0.29, 0.717) is 0 Å². The summed E-state index contributed by atoms with van der Waals surface area (Å²) in [5, 5.41) is 1.11. The lowest BCUT2D eigenvalue weighted by Crippen LogP contribution is -2.01. The molecular weight excluding hydrogens is 150 g/mol. The van der Waals surface area contributed by atoms with Crippen molar-refractivity contribution in [2.24, 2.45) is 0 Å². The number of aromatic amines is 1. The number of nitrogens with one attached hydrogen (secondary N) is 1. The lowest BCUT2D eigenvalue weighted by atomic mass is 10.2. The molecule has 0 fully saturated rings. The van der Waals surface area contributed by atoms with E-state index in [4.69, 9.17) is 4.74 Å². The standard InChI is InChI=1S/C10H9NO/c1-12-10-6-2-5-9-8(10)4-3-7-11-9/h2-7H,1H3/p+1. The van der Waals surface area contributed by atoms with Gasteiger partial charge in [-0.1, -0.05) is 6.07 Å². The molecule has 1 heterocycles. The molecule has 0 amide bonds. The van der Waals surface area contributed by atoms with Gasteiger partial charge in [0.25, 0.3) is 0 Å². The van der Waals surface area contributed by atoms with Gasteiger partial charge in [-0.05, 0) is 12.1 Å². The SMILES string of the molecule is COc1cccc2[nH+]cccc12. The Labute approximate surface area is 70.8 Å². The van der Waals surface area contributed by atoms with Crippen molar-refractivity contribution in [3.63, 3.8) is 0 Å². The Morgan fingerprint density at radius 2 is 2.08 bits per heavy atom. The van der Waals surface area contributed by atoms with Crippen LogP contribution in [0.5, 0.6) is 5.75 Å². The summed E-state index contributed by atoms with van der Waals surface area (Å²) in [6.45, 7) is 0. The molecule has 60 valence electrons. The molecule has 2 nitrogen and oxygen atoms in total. The van der Waals surface area contributed by atoms with E-state index in [1.807, 2.05) is 36.5 Å². The molecular formula is C10H10NO+. The Bertz CT molecular complexity index is 392. The van der Waals surface area contributed by atoms with E-state index in [-0.39, 0.29) is 0 Å². The molecule has 1 aromatic carbocycles. The van der Waals surface area contributed by atoms with Gasteiger partial charge < -0.3 is 4.74 Å². The lowest BCUT2D eigenvalue weighted by molar-refractivity contribution is -0.344. The van der Waals surface area contributed by atoms with Crippen LogP contribution in [0.25, 0.3) is 10.9 Å². The first-order valence-corrected chi connectivity index (χ1v) is 3.85. The Balaban J connectivity index is 2.79. The number of pyridine rings is 1. The Morgan fingerprint density at radius 3 is 2.92 bits per heavy atom. The van der Waals surface area contributed by atoms with Gasteiger partial charge in [-0.15, -0.1) is 0 Å². The van der Waals surface area contributed by atoms with Crippen LogP contribution in [0, 0.1) is 0 Å². The summed E-state index contributed by atoms with van der Waals surface area (Å²) >= 11 is 0. The van der Waals surface area contributed by atoms with Gasteiger partial charge in [0.1, 0.15) is 5.75 Å². The predicted octanol–water partition coefficient (Wildman–Crippen LogP) is 1.66. The fourth-order valence-electron chi connectivity index (χ4n) is 1.30. The molecule has 0 saturated carbocycles. The lowest BCUT2D eigenvalue weighted by Gasteiger charge is -1.99. The third-order valence-corrected chi connectivity index (χ3v) is 1.88.